The van der Waals surface area contributed by atoms with Crippen LogP contribution in [0.25, 0.3) is 5.69 Å². The highest BCUT2D eigenvalue weighted by Gasteiger charge is 2.37. The van der Waals surface area contributed by atoms with Crippen LogP contribution in [0.4, 0.5) is 22.0 Å². The Morgan fingerprint density at radius 3 is 2.00 bits per heavy atom. The lowest BCUT2D eigenvalue weighted by molar-refractivity contribution is -0.137. The smallest absolute Gasteiger partial charge is 0.273 e. The fourth-order valence-electron chi connectivity index (χ4n) is 1.82. The zero-order chi connectivity index (χ0) is 19.3. The summed E-state index contributed by atoms with van der Waals surface area (Å²) in [5.41, 5.74) is -1.73. The van der Waals surface area contributed by atoms with Crippen LogP contribution in [-0.4, -0.2) is 23.7 Å². The van der Waals surface area contributed by atoms with Crippen molar-refractivity contribution in [3.8, 4) is 5.69 Å². The molecule has 1 aromatic carbocycles. The molecular formula is C11H3BrCl3F5N2O2S. The second-order valence-electron chi connectivity index (χ2n) is 4.40. The molecular weight excluding hydrogens is 505 g/mol. The highest BCUT2D eigenvalue weighted by Crippen LogP contribution is 2.41. The van der Waals surface area contributed by atoms with Gasteiger partial charge in [0.25, 0.3) is 9.84 Å². The summed E-state index contributed by atoms with van der Waals surface area (Å²) in [5, 5.41) is -3.31. The van der Waals surface area contributed by atoms with Crippen LogP contribution in [0.1, 0.15) is 5.56 Å². The molecule has 0 aliphatic rings. The molecule has 0 aliphatic carbocycles. The van der Waals surface area contributed by atoms with E-state index in [1.807, 2.05) is 0 Å². The SMILES string of the molecule is O=S(=O)(c1c(Cl)nc(Br)n1-c1c(Cl)cc(C(F)(F)F)cc1Cl)C(F)F. The van der Waals surface area contributed by atoms with Gasteiger partial charge in [0.15, 0.2) is 14.9 Å². The molecule has 1 aromatic heterocycles. The van der Waals surface area contributed by atoms with Crippen molar-refractivity contribution in [2.75, 3.05) is 0 Å². The molecule has 25 heavy (non-hydrogen) atoms. The van der Waals surface area contributed by atoms with Gasteiger partial charge in [0.1, 0.15) is 0 Å². The van der Waals surface area contributed by atoms with Crippen molar-refractivity contribution in [3.05, 3.63) is 37.6 Å². The van der Waals surface area contributed by atoms with Crippen LogP contribution in [0.15, 0.2) is 21.9 Å². The van der Waals surface area contributed by atoms with Crippen molar-refractivity contribution >= 4 is 60.6 Å². The largest absolute Gasteiger partial charge is 0.416 e. The van der Waals surface area contributed by atoms with Crippen LogP contribution < -0.4 is 0 Å². The number of imidazole rings is 1. The van der Waals surface area contributed by atoms with Gasteiger partial charge in [0.2, 0.25) is 0 Å². The molecule has 2 rings (SSSR count). The van der Waals surface area contributed by atoms with E-state index in [4.69, 9.17) is 34.8 Å². The fourth-order valence-corrected chi connectivity index (χ4v) is 4.60. The zero-order valence-corrected chi connectivity index (χ0v) is 15.9. The number of rotatable bonds is 3. The first-order valence-electron chi connectivity index (χ1n) is 5.81. The molecule has 138 valence electrons. The number of halogens is 9. The van der Waals surface area contributed by atoms with Gasteiger partial charge in [-0.15, -0.1) is 0 Å². The number of benzene rings is 1. The maximum absolute atomic E-state index is 12.9. The molecule has 0 bridgehead atoms. The minimum absolute atomic E-state index is 0.403. The summed E-state index contributed by atoms with van der Waals surface area (Å²) in [7, 11) is -5.27. The van der Waals surface area contributed by atoms with Gasteiger partial charge in [-0.05, 0) is 28.1 Å². The van der Waals surface area contributed by atoms with Crippen molar-refractivity contribution in [1.29, 1.82) is 0 Å². The standard InChI is InChI=1S/C11H3BrCl3F5N2O2S/c12-9-21-7(15)8(25(23,24)10(16)17)22(9)6-4(13)1-3(2-5(6)14)11(18,19)20/h1-2,10H. The Hall–Kier alpha value is -0.620. The summed E-state index contributed by atoms with van der Waals surface area (Å²) < 4.78 is 87.9. The molecule has 0 radical (unpaired) electrons. The van der Waals surface area contributed by atoms with E-state index in [9.17, 15) is 30.4 Å². The minimum atomic E-state index is -5.27. The van der Waals surface area contributed by atoms with Gasteiger partial charge in [-0.2, -0.15) is 22.0 Å². The van der Waals surface area contributed by atoms with Crippen LogP contribution in [0.5, 0.6) is 0 Å². The summed E-state index contributed by atoms with van der Waals surface area (Å²) in [5.74, 6) is -3.86. The Kier molecular flexibility index (Phi) is 5.66. The lowest BCUT2D eigenvalue weighted by Crippen LogP contribution is -2.17. The third-order valence-corrected chi connectivity index (χ3v) is 5.69. The van der Waals surface area contributed by atoms with E-state index in [1.54, 1.807) is 0 Å². The van der Waals surface area contributed by atoms with E-state index in [-0.39, 0.29) is 0 Å². The Bertz CT molecular complexity index is 923. The van der Waals surface area contributed by atoms with Crippen LogP contribution in [-0.2, 0) is 16.0 Å². The number of alkyl halides is 5. The molecule has 0 spiro atoms. The molecule has 0 fully saturated rings. The first kappa shape index (κ1) is 20.7. The van der Waals surface area contributed by atoms with Gasteiger partial charge in [-0.3, -0.25) is 4.57 Å². The highest BCUT2D eigenvalue weighted by molar-refractivity contribution is 9.10. The van der Waals surface area contributed by atoms with Crippen LogP contribution in [0, 0.1) is 0 Å². The fraction of sp³-hybridized carbons (Fsp3) is 0.182. The predicted molar refractivity (Wildman–Crippen MR) is 84.5 cm³/mol. The highest BCUT2D eigenvalue weighted by atomic mass is 79.9. The lowest BCUT2D eigenvalue weighted by atomic mass is 10.2. The van der Waals surface area contributed by atoms with Crippen LogP contribution in [0.3, 0.4) is 0 Å². The average Bonchev–Trinajstić information content (AvgIpc) is 2.72. The summed E-state index contributed by atoms with van der Waals surface area (Å²) in [6.45, 7) is 0. The monoisotopic (exact) mass is 506 g/mol. The first-order valence-corrected chi connectivity index (χ1v) is 9.28. The molecule has 2 aromatic rings. The molecule has 4 nitrogen and oxygen atoms in total. The number of sulfone groups is 1. The van der Waals surface area contributed by atoms with Crippen molar-refractivity contribution in [3.63, 3.8) is 0 Å². The van der Waals surface area contributed by atoms with Crippen molar-refractivity contribution in [2.45, 2.75) is 17.0 Å². The second kappa shape index (κ2) is 6.84. The normalized spacial score (nSPS) is 12.9. The maximum Gasteiger partial charge on any atom is 0.416 e. The second-order valence-corrected chi connectivity index (χ2v) is 8.12. The van der Waals surface area contributed by atoms with E-state index in [0.29, 0.717) is 16.7 Å². The molecule has 0 amide bonds. The Morgan fingerprint density at radius 1 is 1.12 bits per heavy atom. The molecule has 0 aliphatic heterocycles. The third kappa shape index (κ3) is 3.75. The van der Waals surface area contributed by atoms with Crippen molar-refractivity contribution in [1.82, 2.24) is 9.55 Å². The number of hydrogen-bond acceptors (Lipinski definition) is 3. The summed E-state index contributed by atoms with van der Waals surface area (Å²) in [6, 6.07) is 0.920. The van der Waals surface area contributed by atoms with Crippen LogP contribution >= 0.6 is 50.7 Å². The number of nitrogens with zero attached hydrogens (tertiary/aromatic N) is 2. The molecule has 1 heterocycles. The van der Waals surface area contributed by atoms with E-state index in [0.717, 1.165) is 0 Å². The molecule has 0 unspecified atom stereocenters. The molecule has 0 N–H and O–H groups in total. The first-order chi connectivity index (χ1) is 11.3. The van der Waals surface area contributed by atoms with E-state index in [1.165, 1.54) is 0 Å². The van der Waals surface area contributed by atoms with Gasteiger partial charge in [0.05, 0.1) is 21.3 Å². The van der Waals surface area contributed by atoms with Crippen LogP contribution in [0.2, 0.25) is 15.2 Å². The Morgan fingerprint density at radius 2 is 1.60 bits per heavy atom. The molecule has 0 saturated heterocycles. The average molecular weight is 508 g/mol. The number of aromatic nitrogens is 2. The van der Waals surface area contributed by atoms with Crippen molar-refractivity contribution in [2.24, 2.45) is 0 Å². The summed E-state index contributed by atoms with van der Waals surface area (Å²) in [6.07, 6.45) is -4.78. The van der Waals surface area contributed by atoms with E-state index >= 15 is 0 Å². The molecule has 14 heteroatoms. The van der Waals surface area contributed by atoms with Gasteiger partial charge in [-0.1, -0.05) is 34.8 Å². The van der Waals surface area contributed by atoms with Gasteiger partial charge in [-0.25, -0.2) is 13.4 Å². The quantitative estimate of drug-likeness (QED) is 0.507. The van der Waals surface area contributed by atoms with Gasteiger partial charge >= 0.3 is 11.9 Å². The third-order valence-electron chi connectivity index (χ3n) is 2.83. The Balaban J connectivity index is 2.86. The zero-order valence-electron chi connectivity index (χ0n) is 11.3. The molecule has 0 saturated carbocycles. The van der Waals surface area contributed by atoms with Crippen molar-refractivity contribution < 1.29 is 30.4 Å². The summed E-state index contributed by atoms with van der Waals surface area (Å²) >= 11 is 19.9. The minimum Gasteiger partial charge on any atom is -0.273 e. The lowest BCUT2D eigenvalue weighted by Gasteiger charge is -2.15. The maximum atomic E-state index is 12.9. The topological polar surface area (TPSA) is 52.0 Å². The summed E-state index contributed by atoms with van der Waals surface area (Å²) in [4.78, 5) is 3.48. The van der Waals surface area contributed by atoms with E-state index < -0.39 is 58.0 Å². The van der Waals surface area contributed by atoms with Gasteiger partial charge < -0.3 is 0 Å². The van der Waals surface area contributed by atoms with E-state index in [2.05, 4.69) is 20.9 Å². The van der Waals surface area contributed by atoms with Gasteiger partial charge in [0, 0.05) is 0 Å². The molecule has 0 atom stereocenters. The predicted octanol–water partition coefficient (Wildman–Crippen LogP) is 5.61. The Labute approximate surface area is 160 Å². The number of hydrogen-bond donors (Lipinski definition) is 0.